The topological polar surface area (TPSA) is 69.6 Å². The summed E-state index contributed by atoms with van der Waals surface area (Å²) in [6.45, 7) is 2.79. The molecule has 5 nitrogen and oxygen atoms in total. The maximum atomic E-state index is 12.2. The second kappa shape index (κ2) is 5.86. The van der Waals surface area contributed by atoms with Crippen LogP contribution in [0.3, 0.4) is 0 Å². The molecule has 0 spiro atoms. The van der Waals surface area contributed by atoms with Gasteiger partial charge in [-0.3, -0.25) is 0 Å². The van der Waals surface area contributed by atoms with E-state index in [2.05, 4.69) is 4.72 Å². The van der Waals surface area contributed by atoms with Crippen LogP contribution in [-0.2, 0) is 10.2 Å². The van der Waals surface area contributed by atoms with E-state index in [1.165, 1.54) is 0 Å². The zero-order valence-electron chi connectivity index (χ0n) is 11.0. The lowest BCUT2D eigenvalue weighted by molar-refractivity contribution is 0.0719. The van der Waals surface area contributed by atoms with Crippen LogP contribution < -0.4 is 4.72 Å². The van der Waals surface area contributed by atoms with E-state index in [1.807, 2.05) is 0 Å². The summed E-state index contributed by atoms with van der Waals surface area (Å²) in [4.78, 5) is 0. The molecule has 1 aliphatic heterocycles. The lowest BCUT2D eigenvalue weighted by atomic mass is 9.89. The molecule has 106 valence electrons. The van der Waals surface area contributed by atoms with Gasteiger partial charge in [0.05, 0.1) is 6.10 Å². The number of aliphatic hydroxyl groups is 1. The highest BCUT2D eigenvalue weighted by Gasteiger charge is 2.41. The van der Waals surface area contributed by atoms with Crippen LogP contribution in [0, 0.1) is 5.92 Å². The summed E-state index contributed by atoms with van der Waals surface area (Å²) < 4.78 is 28.6. The Morgan fingerprint density at radius 1 is 1.22 bits per heavy atom. The van der Waals surface area contributed by atoms with Crippen LogP contribution in [-0.4, -0.2) is 43.1 Å². The third-order valence-electron chi connectivity index (χ3n) is 4.16. The molecule has 2 fully saturated rings. The largest absolute Gasteiger partial charge is 0.393 e. The van der Waals surface area contributed by atoms with Crippen molar-refractivity contribution in [3.05, 3.63) is 0 Å². The van der Waals surface area contributed by atoms with Gasteiger partial charge in [0, 0.05) is 25.0 Å². The molecule has 3 atom stereocenters. The van der Waals surface area contributed by atoms with Crippen LogP contribution in [0.25, 0.3) is 0 Å². The van der Waals surface area contributed by atoms with Gasteiger partial charge in [-0.1, -0.05) is 19.8 Å². The smallest absolute Gasteiger partial charge is 0.279 e. The van der Waals surface area contributed by atoms with E-state index in [-0.39, 0.29) is 18.1 Å². The zero-order valence-corrected chi connectivity index (χ0v) is 11.8. The first-order valence-corrected chi connectivity index (χ1v) is 8.44. The highest BCUT2D eigenvalue weighted by atomic mass is 32.2. The zero-order chi connectivity index (χ0) is 13.2. The first kappa shape index (κ1) is 14.2. The minimum atomic E-state index is -3.37. The van der Waals surface area contributed by atoms with E-state index < -0.39 is 10.2 Å². The summed E-state index contributed by atoms with van der Waals surface area (Å²) in [5.74, 6) is 0.124. The number of piperidine rings is 1. The van der Waals surface area contributed by atoms with E-state index in [4.69, 9.17) is 0 Å². The maximum absolute atomic E-state index is 12.2. The van der Waals surface area contributed by atoms with Crippen molar-refractivity contribution < 1.29 is 13.5 Å². The number of hydrogen-bond acceptors (Lipinski definition) is 3. The first-order chi connectivity index (χ1) is 8.56. The molecule has 0 aromatic rings. The van der Waals surface area contributed by atoms with Crippen molar-refractivity contribution in [1.29, 1.82) is 0 Å². The molecule has 3 unspecified atom stereocenters. The Kier molecular flexibility index (Phi) is 4.64. The van der Waals surface area contributed by atoms with Gasteiger partial charge in [0.15, 0.2) is 0 Å². The quantitative estimate of drug-likeness (QED) is 0.800. The Morgan fingerprint density at radius 3 is 2.61 bits per heavy atom. The van der Waals surface area contributed by atoms with Crippen LogP contribution in [0.1, 0.15) is 45.4 Å². The summed E-state index contributed by atoms with van der Waals surface area (Å²) in [6, 6.07) is -0.0136. The number of nitrogens with zero attached hydrogens (tertiary/aromatic N) is 1. The molecule has 0 amide bonds. The average molecular weight is 276 g/mol. The minimum absolute atomic E-state index is 0.0136. The monoisotopic (exact) mass is 276 g/mol. The summed E-state index contributed by atoms with van der Waals surface area (Å²) in [5, 5.41) is 10.0. The molecule has 0 aromatic carbocycles. The highest BCUT2D eigenvalue weighted by Crippen LogP contribution is 2.36. The van der Waals surface area contributed by atoms with E-state index in [1.54, 1.807) is 11.2 Å². The maximum Gasteiger partial charge on any atom is 0.279 e. The fourth-order valence-corrected chi connectivity index (χ4v) is 4.86. The summed E-state index contributed by atoms with van der Waals surface area (Å²) in [5.41, 5.74) is 0. The van der Waals surface area contributed by atoms with Gasteiger partial charge in [0.1, 0.15) is 0 Å². The fourth-order valence-electron chi connectivity index (χ4n) is 3.34. The van der Waals surface area contributed by atoms with E-state index in [0.29, 0.717) is 13.1 Å². The third kappa shape index (κ3) is 2.87. The molecule has 18 heavy (non-hydrogen) atoms. The molecule has 2 N–H and O–H groups in total. The molecular formula is C12H24N2O3S. The average Bonchev–Trinajstić information content (AvgIpc) is 2.75. The van der Waals surface area contributed by atoms with Crippen LogP contribution in [0.2, 0.25) is 0 Å². The van der Waals surface area contributed by atoms with Gasteiger partial charge in [-0.15, -0.1) is 0 Å². The molecule has 0 radical (unpaired) electrons. The lowest BCUT2D eigenvalue weighted by Crippen LogP contribution is -2.52. The van der Waals surface area contributed by atoms with Crippen molar-refractivity contribution in [1.82, 2.24) is 9.03 Å². The fraction of sp³-hybridized carbons (Fsp3) is 1.00. The Morgan fingerprint density at radius 2 is 2.00 bits per heavy atom. The second-order valence-corrected chi connectivity index (χ2v) is 7.05. The Balaban J connectivity index is 2.15. The molecule has 1 aliphatic carbocycles. The van der Waals surface area contributed by atoms with Gasteiger partial charge in [-0.25, -0.2) is 4.72 Å². The summed E-state index contributed by atoms with van der Waals surface area (Å²) in [6.07, 6.45) is 5.31. The predicted octanol–water partition coefficient (Wildman–Crippen LogP) is 0.856. The number of nitrogens with one attached hydrogen (secondary N) is 1. The van der Waals surface area contributed by atoms with Crippen molar-refractivity contribution in [2.24, 2.45) is 5.92 Å². The Hall–Kier alpha value is -0.170. The van der Waals surface area contributed by atoms with E-state index in [9.17, 15) is 13.5 Å². The number of hydrogen-bond donors (Lipinski definition) is 2. The molecule has 0 aromatic heterocycles. The summed E-state index contributed by atoms with van der Waals surface area (Å²) in [7, 11) is -3.37. The Labute approximate surface area is 110 Å². The third-order valence-corrected chi connectivity index (χ3v) is 5.88. The van der Waals surface area contributed by atoms with Gasteiger partial charge < -0.3 is 5.11 Å². The van der Waals surface area contributed by atoms with Gasteiger partial charge in [0.25, 0.3) is 10.2 Å². The van der Waals surface area contributed by atoms with Crippen LogP contribution in [0.5, 0.6) is 0 Å². The van der Waals surface area contributed by atoms with Crippen molar-refractivity contribution in [3.63, 3.8) is 0 Å². The molecular weight excluding hydrogens is 252 g/mol. The van der Waals surface area contributed by atoms with Crippen molar-refractivity contribution >= 4 is 10.2 Å². The molecule has 2 rings (SSSR count). The van der Waals surface area contributed by atoms with Crippen molar-refractivity contribution in [2.75, 3.05) is 13.1 Å². The summed E-state index contributed by atoms with van der Waals surface area (Å²) >= 11 is 0. The van der Waals surface area contributed by atoms with Gasteiger partial charge in [0.2, 0.25) is 0 Å². The standard InChI is InChI=1S/C12H24N2O3S/c1-2-13-18(16,17)14-9-4-3-7-11(14)10-6-5-8-12(10)15/h10-13,15H,2-9H2,1H3. The highest BCUT2D eigenvalue weighted by molar-refractivity contribution is 7.87. The SMILES string of the molecule is CCNS(=O)(=O)N1CCCCC1C1CCCC1O. The van der Waals surface area contributed by atoms with Crippen LogP contribution in [0.15, 0.2) is 0 Å². The van der Waals surface area contributed by atoms with E-state index >= 15 is 0 Å². The molecule has 6 heteroatoms. The van der Waals surface area contributed by atoms with Crippen molar-refractivity contribution in [2.45, 2.75) is 57.6 Å². The Bertz CT molecular complexity index is 372. The number of aliphatic hydroxyl groups excluding tert-OH is 1. The molecule has 2 aliphatic rings. The van der Waals surface area contributed by atoms with Gasteiger partial charge in [-0.2, -0.15) is 12.7 Å². The lowest BCUT2D eigenvalue weighted by Gasteiger charge is -2.39. The number of rotatable bonds is 4. The van der Waals surface area contributed by atoms with Crippen LogP contribution in [0.4, 0.5) is 0 Å². The minimum Gasteiger partial charge on any atom is -0.393 e. The van der Waals surface area contributed by atoms with E-state index in [0.717, 1.165) is 38.5 Å². The molecule has 1 saturated carbocycles. The van der Waals surface area contributed by atoms with Gasteiger partial charge >= 0.3 is 0 Å². The first-order valence-electron chi connectivity index (χ1n) is 7.00. The molecule has 0 bridgehead atoms. The molecule has 1 heterocycles. The normalized spacial score (nSPS) is 34.9. The second-order valence-electron chi connectivity index (χ2n) is 5.34. The predicted molar refractivity (Wildman–Crippen MR) is 70.3 cm³/mol. The van der Waals surface area contributed by atoms with Gasteiger partial charge in [-0.05, 0) is 25.7 Å². The van der Waals surface area contributed by atoms with Crippen LogP contribution >= 0.6 is 0 Å². The van der Waals surface area contributed by atoms with Crippen molar-refractivity contribution in [3.8, 4) is 0 Å². The molecule has 1 saturated heterocycles.